The minimum absolute atomic E-state index is 0.237. The number of esters is 1. The summed E-state index contributed by atoms with van der Waals surface area (Å²) in [6, 6.07) is 0.472. The first kappa shape index (κ1) is 15.8. The van der Waals surface area contributed by atoms with Crippen LogP contribution in [0.15, 0.2) is 0 Å². The molecule has 3 unspecified atom stereocenters. The van der Waals surface area contributed by atoms with Crippen molar-refractivity contribution in [2.45, 2.75) is 69.9 Å². The summed E-state index contributed by atoms with van der Waals surface area (Å²) in [7, 11) is 1.44. The molecule has 4 heteroatoms. The van der Waals surface area contributed by atoms with Gasteiger partial charge in [-0.15, -0.1) is 0 Å². The molecule has 1 saturated carbocycles. The van der Waals surface area contributed by atoms with Gasteiger partial charge in [0.2, 0.25) is 0 Å². The second kappa shape index (κ2) is 6.90. The number of hydrogen-bond acceptors (Lipinski definition) is 4. The Balaban J connectivity index is 1.88. The lowest BCUT2D eigenvalue weighted by atomic mass is 9.96. The lowest BCUT2D eigenvalue weighted by Gasteiger charge is -2.29. The molecule has 1 aliphatic carbocycles. The van der Waals surface area contributed by atoms with Crippen LogP contribution >= 0.6 is 0 Å². The third-order valence-electron chi connectivity index (χ3n) is 5.21. The molecule has 20 heavy (non-hydrogen) atoms. The number of methoxy groups -OCH3 is 1. The maximum Gasteiger partial charge on any atom is 0.325 e. The van der Waals surface area contributed by atoms with Crippen LogP contribution in [-0.2, 0) is 9.53 Å². The second-order valence-corrected chi connectivity index (χ2v) is 6.67. The summed E-state index contributed by atoms with van der Waals surface area (Å²) in [4.78, 5) is 14.4. The van der Waals surface area contributed by atoms with E-state index in [2.05, 4.69) is 11.8 Å². The van der Waals surface area contributed by atoms with Crippen molar-refractivity contribution in [3.8, 4) is 0 Å². The summed E-state index contributed by atoms with van der Waals surface area (Å²) in [6.45, 7) is 4.62. The molecule has 116 valence electrons. The fraction of sp³-hybridized carbons (Fsp3) is 0.938. The number of nitrogens with zero attached hydrogens (tertiary/aromatic N) is 1. The number of carbonyl (C=O) groups is 1. The van der Waals surface area contributed by atoms with Crippen molar-refractivity contribution in [2.24, 2.45) is 11.7 Å². The Kier molecular flexibility index (Phi) is 5.44. The van der Waals surface area contributed by atoms with E-state index in [9.17, 15) is 4.79 Å². The first-order chi connectivity index (χ1) is 9.59. The van der Waals surface area contributed by atoms with Crippen molar-refractivity contribution < 1.29 is 9.53 Å². The van der Waals surface area contributed by atoms with Gasteiger partial charge in [-0.1, -0.05) is 19.8 Å². The summed E-state index contributed by atoms with van der Waals surface area (Å²) in [5, 5.41) is 0. The van der Waals surface area contributed by atoms with Gasteiger partial charge in [0.05, 0.1) is 7.11 Å². The van der Waals surface area contributed by atoms with Crippen molar-refractivity contribution in [3.63, 3.8) is 0 Å². The molecule has 0 amide bonds. The van der Waals surface area contributed by atoms with Gasteiger partial charge in [-0.3, -0.25) is 4.79 Å². The third-order valence-corrected chi connectivity index (χ3v) is 5.21. The van der Waals surface area contributed by atoms with Crippen LogP contribution in [0.2, 0.25) is 0 Å². The van der Waals surface area contributed by atoms with Crippen LogP contribution in [0.25, 0.3) is 0 Å². The van der Waals surface area contributed by atoms with Crippen molar-refractivity contribution in [1.29, 1.82) is 0 Å². The molecule has 0 bridgehead atoms. The first-order valence-corrected chi connectivity index (χ1v) is 8.20. The molecule has 0 aromatic heterocycles. The van der Waals surface area contributed by atoms with Gasteiger partial charge in [0.1, 0.15) is 5.54 Å². The Hall–Kier alpha value is -0.610. The van der Waals surface area contributed by atoms with Gasteiger partial charge in [-0.05, 0) is 57.5 Å². The smallest absolute Gasteiger partial charge is 0.325 e. The van der Waals surface area contributed by atoms with E-state index in [-0.39, 0.29) is 5.97 Å². The molecular formula is C16H30N2O2. The molecule has 3 atom stereocenters. The van der Waals surface area contributed by atoms with E-state index in [1.165, 1.54) is 52.3 Å². The number of nitrogens with two attached hydrogens (primary N) is 1. The van der Waals surface area contributed by atoms with Crippen LogP contribution in [0, 0.1) is 5.92 Å². The minimum Gasteiger partial charge on any atom is -0.468 e. The van der Waals surface area contributed by atoms with Crippen molar-refractivity contribution in [3.05, 3.63) is 0 Å². The lowest BCUT2D eigenvalue weighted by molar-refractivity contribution is -0.147. The summed E-state index contributed by atoms with van der Waals surface area (Å²) in [5.41, 5.74) is 5.48. The third kappa shape index (κ3) is 3.53. The standard InChI is InChI=1S/C16H30N2O2/c1-3-5-13-6-4-10-18(11-8-13)14-7-9-16(17,12-14)15(19)20-2/h13-14H,3-12,17H2,1-2H3. The molecule has 0 aromatic rings. The predicted octanol–water partition coefficient (Wildman–Crippen LogP) is 2.31. The predicted molar refractivity (Wildman–Crippen MR) is 80.4 cm³/mol. The van der Waals surface area contributed by atoms with Crippen molar-refractivity contribution >= 4 is 5.97 Å². The molecule has 0 spiro atoms. The molecule has 2 N–H and O–H groups in total. The molecule has 4 nitrogen and oxygen atoms in total. The van der Waals surface area contributed by atoms with E-state index in [0.717, 1.165) is 25.2 Å². The highest BCUT2D eigenvalue weighted by Gasteiger charge is 2.44. The van der Waals surface area contributed by atoms with Crippen LogP contribution in [0.4, 0.5) is 0 Å². The Bertz CT molecular complexity index is 334. The zero-order valence-corrected chi connectivity index (χ0v) is 13.1. The number of ether oxygens (including phenoxy) is 1. The Labute approximate surface area is 123 Å². The normalized spacial score (nSPS) is 35.8. The molecular weight excluding hydrogens is 252 g/mol. The van der Waals surface area contributed by atoms with Crippen molar-refractivity contribution in [2.75, 3.05) is 20.2 Å². The van der Waals surface area contributed by atoms with Crippen LogP contribution in [-0.4, -0.2) is 42.6 Å². The molecule has 1 heterocycles. The van der Waals surface area contributed by atoms with E-state index in [4.69, 9.17) is 10.5 Å². The lowest BCUT2D eigenvalue weighted by Crippen LogP contribution is -2.48. The van der Waals surface area contributed by atoms with Gasteiger partial charge < -0.3 is 15.4 Å². The van der Waals surface area contributed by atoms with Gasteiger partial charge in [0, 0.05) is 6.04 Å². The zero-order chi connectivity index (χ0) is 14.6. The Morgan fingerprint density at radius 3 is 2.85 bits per heavy atom. The van der Waals surface area contributed by atoms with Gasteiger partial charge in [-0.25, -0.2) is 0 Å². The summed E-state index contributed by atoms with van der Waals surface area (Å²) in [6.07, 6.45) is 9.17. The average Bonchev–Trinajstić information content (AvgIpc) is 2.70. The van der Waals surface area contributed by atoms with E-state index in [1.807, 2.05) is 0 Å². The highest BCUT2D eigenvalue weighted by molar-refractivity contribution is 5.81. The summed E-state index contributed by atoms with van der Waals surface area (Å²) >= 11 is 0. The van der Waals surface area contributed by atoms with Crippen LogP contribution in [0.1, 0.15) is 58.3 Å². The highest BCUT2D eigenvalue weighted by atomic mass is 16.5. The molecule has 0 radical (unpaired) electrons. The van der Waals surface area contributed by atoms with E-state index < -0.39 is 5.54 Å². The second-order valence-electron chi connectivity index (χ2n) is 6.67. The number of carbonyl (C=O) groups excluding carboxylic acids is 1. The van der Waals surface area contributed by atoms with Crippen molar-refractivity contribution in [1.82, 2.24) is 4.90 Å². The van der Waals surface area contributed by atoms with Gasteiger partial charge in [0.15, 0.2) is 0 Å². The zero-order valence-electron chi connectivity index (χ0n) is 13.1. The molecule has 1 saturated heterocycles. The number of likely N-dealkylation sites (tertiary alicyclic amines) is 1. The van der Waals surface area contributed by atoms with E-state index in [0.29, 0.717) is 6.04 Å². The van der Waals surface area contributed by atoms with Crippen LogP contribution in [0.5, 0.6) is 0 Å². The van der Waals surface area contributed by atoms with Gasteiger partial charge >= 0.3 is 5.97 Å². The van der Waals surface area contributed by atoms with E-state index >= 15 is 0 Å². The topological polar surface area (TPSA) is 55.6 Å². The fourth-order valence-electron chi connectivity index (χ4n) is 4.00. The highest BCUT2D eigenvalue weighted by Crippen LogP contribution is 2.34. The Morgan fingerprint density at radius 1 is 1.35 bits per heavy atom. The maximum absolute atomic E-state index is 11.8. The number of hydrogen-bond donors (Lipinski definition) is 1. The number of rotatable bonds is 4. The SMILES string of the molecule is CCCC1CCCN(C2CCC(N)(C(=O)OC)C2)CC1. The molecule has 2 aliphatic rings. The average molecular weight is 282 g/mol. The van der Waals surface area contributed by atoms with Gasteiger partial charge in [-0.2, -0.15) is 0 Å². The maximum atomic E-state index is 11.8. The van der Waals surface area contributed by atoms with Crippen LogP contribution in [0.3, 0.4) is 0 Å². The minimum atomic E-state index is -0.742. The molecule has 1 aliphatic heterocycles. The summed E-state index contributed by atoms with van der Waals surface area (Å²) in [5.74, 6) is 0.660. The van der Waals surface area contributed by atoms with Crippen LogP contribution < -0.4 is 5.73 Å². The van der Waals surface area contributed by atoms with E-state index in [1.54, 1.807) is 0 Å². The fourth-order valence-corrected chi connectivity index (χ4v) is 4.00. The molecule has 0 aromatic carbocycles. The summed E-state index contributed by atoms with van der Waals surface area (Å²) < 4.78 is 4.86. The van der Waals surface area contributed by atoms with Gasteiger partial charge in [0.25, 0.3) is 0 Å². The molecule has 2 fully saturated rings. The molecule has 2 rings (SSSR count). The largest absolute Gasteiger partial charge is 0.468 e. The quantitative estimate of drug-likeness (QED) is 0.804. The first-order valence-electron chi connectivity index (χ1n) is 8.20. The monoisotopic (exact) mass is 282 g/mol. The Morgan fingerprint density at radius 2 is 2.15 bits per heavy atom.